The van der Waals surface area contributed by atoms with Crippen LogP contribution in [0.2, 0.25) is 0 Å². The van der Waals surface area contributed by atoms with E-state index in [2.05, 4.69) is 15.9 Å². The molecule has 1 aromatic carbocycles. The van der Waals surface area contributed by atoms with Crippen molar-refractivity contribution in [2.75, 3.05) is 0 Å². The maximum absolute atomic E-state index is 13.1. The summed E-state index contributed by atoms with van der Waals surface area (Å²) >= 11 is 3.09. The number of alkyl halides is 2. The summed E-state index contributed by atoms with van der Waals surface area (Å²) in [6, 6.07) is 4.57. The molecule has 1 unspecified atom stereocenters. The molecule has 5 heteroatoms. The van der Waals surface area contributed by atoms with Crippen molar-refractivity contribution in [3.63, 3.8) is 0 Å². The highest BCUT2D eigenvalue weighted by Crippen LogP contribution is 2.38. The van der Waals surface area contributed by atoms with Crippen molar-refractivity contribution >= 4 is 15.9 Å². The van der Waals surface area contributed by atoms with Crippen molar-refractivity contribution in [3.05, 3.63) is 34.1 Å². The molecule has 0 radical (unpaired) electrons. The van der Waals surface area contributed by atoms with Crippen molar-refractivity contribution in [2.45, 2.75) is 44.1 Å². The monoisotopic (exact) mass is 336 g/mol. The first-order chi connectivity index (χ1) is 8.87. The molecule has 0 heterocycles. The average Bonchev–Trinajstić information content (AvgIpc) is 2.33. The third-order valence-electron chi connectivity index (χ3n) is 3.73. The molecule has 106 valence electrons. The minimum Gasteiger partial charge on any atom is -0.392 e. The Balaban J connectivity index is 1.94. The van der Waals surface area contributed by atoms with E-state index in [4.69, 9.17) is 0 Å². The van der Waals surface area contributed by atoms with E-state index in [9.17, 15) is 18.3 Å². The quantitative estimate of drug-likeness (QED) is 0.871. The van der Waals surface area contributed by atoms with E-state index < -0.39 is 12.0 Å². The summed E-state index contributed by atoms with van der Waals surface area (Å²) in [6.07, 6.45) is 0.111. The van der Waals surface area contributed by atoms with Crippen molar-refractivity contribution in [1.82, 2.24) is 0 Å². The van der Waals surface area contributed by atoms with Crippen LogP contribution in [0, 0.1) is 11.7 Å². The fraction of sp³-hybridized carbons (Fsp3) is 0.571. The molecule has 0 aliphatic heterocycles. The number of rotatable bonds is 3. The van der Waals surface area contributed by atoms with Gasteiger partial charge in [-0.05, 0) is 58.8 Å². The molecular formula is C14H16BrF3O. The topological polar surface area (TPSA) is 20.2 Å². The maximum atomic E-state index is 13.1. The lowest BCUT2D eigenvalue weighted by molar-refractivity contribution is -0.0619. The standard InChI is InChI=1S/C14H16BrF3O/c15-11-7-9(1-2-12(11)16)8-13(19)10-3-5-14(17,18)6-4-10/h1-2,7,10,13,19H,3-6,8H2. The van der Waals surface area contributed by atoms with Crippen LogP contribution in [0.1, 0.15) is 31.2 Å². The summed E-state index contributed by atoms with van der Waals surface area (Å²) in [5, 5.41) is 10.1. The van der Waals surface area contributed by atoms with Crippen molar-refractivity contribution in [3.8, 4) is 0 Å². The molecule has 0 bridgehead atoms. The van der Waals surface area contributed by atoms with Crippen LogP contribution in [0.3, 0.4) is 0 Å². The second-order valence-corrected chi connectivity index (χ2v) is 6.07. The second-order valence-electron chi connectivity index (χ2n) is 5.21. The molecule has 19 heavy (non-hydrogen) atoms. The van der Waals surface area contributed by atoms with Gasteiger partial charge in [0.2, 0.25) is 5.92 Å². The van der Waals surface area contributed by atoms with Crippen molar-refractivity contribution < 1.29 is 18.3 Å². The van der Waals surface area contributed by atoms with Crippen LogP contribution in [-0.2, 0) is 6.42 Å². The van der Waals surface area contributed by atoms with Gasteiger partial charge < -0.3 is 5.11 Å². The molecule has 1 fully saturated rings. The van der Waals surface area contributed by atoms with E-state index in [-0.39, 0.29) is 24.6 Å². The van der Waals surface area contributed by atoms with Crippen molar-refractivity contribution in [1.29, 1.82) is 0 Å². The Bertz CT molecular complexity index is 440. The Morgan fingerprint density at radius 3 is 2.53 bits per heavy atom. The lowest BCUT2D eigenvalue weighted by atomic mass is 9.81. The molecule has 1 aliphatic carbocycles. The van der Waals surface area contributed by atoms with E-state index in [0.717, 1.165) is 5.56 Å². The minimum atomic E-state index is -2.57. The van der Waals surface area contributed by atoms with Gasteiger partial charge in [0, 0.05) is 12.8 Å². The molecule has 2 rings (SSSR count). The Kier molecular flexibility index (Phi) is 4.56. The van der Waals surface area contributed by atoms with Gasteiger partial charge in [-0.25, -0.2) is 13.2 Å². The fourth-order valence-corrected chi connectivity index (χ4v) is 2.95. The van der Waals surface area contributed by atoms with Gasteiger partial charge >= 0.3 is 0 Å². The predicted octanol–water partition coefficient (Wildman–Crippen LogP) is 4.32. The van der Waals surface area contributed by atoms with Crippen LogP contribution in [-0.4, -0.2) is 17.1 Å². The number of aliphatic hydroxyl groups excluding tert-OH is 1. The number of hydrogen-bond donors (Lipinski definition) is 1. The predicted molar refractivity (Wildman–Crippen MR) is 70.7 cm³/mol. The largest absolute Gasteiger partial charge is 0.392 e. The number of halogens is 4. The number of benzene rings is 1. The highest BCUT2D eigenvalue weighted by molar-refractivity contribution is 9.10. The molecule has 1 saturated carbocycles. The van der Waals surface area contributed by atoms with Crippen LogP contribution in [0.5, 0.6) is 0 Å². The van der Waals surface area contributed by atoms with Gasteiger partial charge in [0.05, 0.1) is 10.6 Å². The Morgan fingerprint density at radius 2 is 1.95 bits per heavy atom. The zero-order chi connectivity index (χ0) is 14.0. The lowest BCUT2D eigenvalue weighted by Crippen LogP contribution is -2.32. The zero-order valence-electron chi connectivity index (χ0n) is 10.4. The smallest absolute Gasteiger partial charge is 0.248 e. The van der Waals surface area contributed by atoms with Gasteiger partial charge in [-0.1, -0.05) is 6.07 Å². The first-order valence-electron chi connectivity index (χ1n) is 6.37. The molecule has 1 atom stereocenters. The number of hydrogen-bond acceptors (Lipinski definition) is 1. The molecule has 0 spiro atoms. The summed E-state index contributed by atoms with van der Waals surface area (Å²) in [7, 11) is 0. The molecule has 1 nitrogen and oxygen atoms in total. The van der Waals surface area contributed by atoms with Gasteiger partial charge in [-0.3, -0.25) is 0 Å². The van der Waals surface area contributed by atoms with E-state index in [1.165, 1.54) is 6.07 Å². The summed E-state index contributed by atoms with van der Waals surface area (Å²) in [6.45, 7) is 0. The molecule has 0 saturated heterocycles. The summed E-state index contributed by atoms with van der Waals surface area (Å²) in [5.74, 6) is -3.02. The van der Waals surface area contributed by atoms with Crippen LogP contribution in [0.4, 0.5) is 13.2 Å². The zero-order valence-corrected chi connectivity index (χ0v) is 12.0. The van der Waals surface area contributed by atoms with E-state index in [1.54, 1.807) is 12.1 Å². The first-order valence-corrected chi connectivity index (χ1v) is 7.16. The third kappa shape index (κ3) is 3.96. The highest BCUT2D eigenvalue weighted by Gasteiger charge is 2.37. The molecule has 1 aromatic rings. The second kappa shape index (κ2) is 5.83. The molecular weight excluding hydrogens is 321 g/mol. The molecule has 0 aromatic heterocycles. The van der Waals surface area contributed by atoms with Gasteiger partial charge in [0.1, 0.15) is 5.82 Å². The SMILES string of the molecule is OC(Cc1ccc(F)c(Br)c1)C1CCC(F)(F)CC1. The molecule has 1 N–H and O–H groups in total. The Labute approximate surface area is 119 Å². The van der Waals surface area contributed by atoms with E-state index in [0.29, 0.717) is 23.7 Å². The van der Waals surface area contributed by atoms with Crippen LogP contribution < -0.4 is 0 Å². The summed E-state index contributed by atoms with van der Waals surface area (Å²) in [4.78, 5) is 0. The Hall–Kier alpha value is -0.550. The van der Waals surface area contributed by atoms with Gasteiger partial charge in [0.25, 0.3) is 0 Å². The Morgan fingerprint density at radius 1 is 1.32 bits per heavy atom. The van der Waals surface area contributed by atoms with Gasteiger partial charge in [0.15, 0.2) is 0 Å². The van der Waals surface area contributed by atoms with Crippen LogP contribution >= 0.6 is 15.9 Å². The first kappa shape index (κ1) is 14.9. The van der Waals surface area contributed by atoms with Crippen LogP contribution in [0.25, 0.3) is 0 Å². The number of aliphatic hydroxyl groups is 1. The highest BCUT2D eigenvalue weighted by atomic mass is 79.9. The van der Waals surface area contributed by atoms with Gasteiger partial charge in [-0.2, -0.15) is 0 Å². The maximum Gasteiger partial charge on any atom is 0.248 e. The molecule has 1 aliphatic rings. The normalized spacial score (nSPS) is 21.3. The minimum absolute atomic E-state index is 0.0940. The van der Waals surface area contributed by atoms with E-state index in [1.807, 2.05) is 0 Å². The average molecular weight is 337 g/mol. The van der Waals surface area contributed by atoms with Crippen LogP contribution in [0.15, 0.2) is 22.7 Å². The third-order valence-corrected chi connectivity index (χ3v) is 4.34. The summed E-state index contributed by atoms with van der Waals surface area (Å²) < 4.78 is 39.5. The fourth-order valence-electron chi connectivity index (χ4n) is 2.52. The lowest BCUT2D eigenvalue weighted by Gasteiger charge is -2.31. The van der Waals surface area contributed by atoms with E-state index >= 15 is 0 Å². The molecule has 0 amide bonds. The van der Waals surface area contributed by atoms with Gasteiger partial charge in [-0.15, -0.1) is 0 Å². The summed E-state index contributed by atoms with van der Waals surface area (Å²) in [5.41, 5.74) is 0.804. The van der Waals surface area contributed by atoms with Crippen molar-refractivity contribution in [2.24, 2.45) is 5.92 Å².